The standard InChI is InChI=1S/C18H24N4O3/c1-24-15-9-7-13(8-10-15)18-20-16(25-21-18)5-2-6-17(23)22-11-3-4-14(19)12-22/h7-10,14H,2-6,11-12,19H2,1H3. The fourth-order valence-corrected chi connectivity index (χ4v) is 3.00. The van der Waals surface area contributed by atoms with Gasteiger partial charge in [0.1, 0.15) is 5.75 Å². The molecule has 0 saturated carbocycles. The summed E-state index contributed by atoms with van der Waals surface area (Å²) in [7, 11) is 1.63. The highest BCUT2D eigenvalue weighted by Gasteiger charge is 2.21. The van der Waals surface area contributed by atoms with Crippen molar-refractivity contribution >= 4 is 5.91 Å². The van der Waals surface area contributed by atoms with Gasteiger partial charge in [0, 0.05) is 37.5 Å². The van der Waals surface area contributed by atoms with Gasteiger partial charge in [-0.3, -0.25) is 4.79 Å². The summed E-state index contributed by atoms with van der Waals surface area (Å²) in [5.41, 5.74) is 6.79. The zero-order chi connectivity index (χ0) is 17.6. The molecule has 1 aromatic heterocycles. The molecule has 0 bridgehead atoms. The maximum absolute atomic E-state index is 12.2. The van der Waals surface area contributed by atoms with Crippen LogP contribution in [0.1, 0.15) is 31.6 Å². The summed E-state index contributed by atoms with van der Waals surface area (Å²) in [6, 6.07) is 7.59. The first-order valence-electron chi connectivity index (χ1n) is 8.66. The van der Waals surface area contributed by atoms with Crippen molar-refractivity contribution in [3.8, 4) is 17.1 Å². The fraction of sp³-hybridized carbons (Fsp3) is 0.500. The Balaban J connectivity index is 1.49. The van der Waals surface area contributed by atoms with Crippen LogP contribution in [0.4, 0.5) is 0 Å². The van der Waals surface area contributed by atoms with Crippen molar-refractivity contribution in [2.45, 2.75) is 38.1 Å². The third kappa shape index (κ3) is 4.57. The van der Waals surface area contributed by atoms with Gasteiger partial charge < -0.3 is 19.9 Å². The summed E-state index contributed by atoms with van der Waals surface area (Å²) in [6.45, 7) is 1.48. The van der Waals surface area contributed by atoms with E-state index in [0.29, 0.717) is 37.5 Å². The van der Waals surface area contributed by atoms with Gasteiger partial charge in [-0.1, -0.05) is 5.16 Å². The van der Waals surface area contributed by atoms with Crippen LogP contribution in [-0.4, -0.2) is 47.2 Å². The SMILES string of the molecule is COc1ccc(-c2noc(CCCC(=O)N3CCCC(N)C3)n2)cc1. The van der Waals surface area contributed by atoms with E-state index in [1.54, 1.807) is 7.11 Å². The molecule has 3 rings (SSSR count). The van der Waals surface area contributed by atoms with E-state index in [1.165, 1.54) is 0 Å². The Labute approximate surface area is 147 Å². The van der Waals surface area contributed by atoms with Crippen LogP contribution in [0.5, 0.6) is 5.75 Å². The molecule has 1 aliphatic heterocycles. The number of ether oxygens (including phenoxy) is 1. The molecule has 7 heteroatoms. The molecule has 7 nitrogen and oxygen atoms in total. The number of rotatable bonds is 6. The molecule has 134 valence electrons. The van der Waals surface area contributed by atoms with E-state index in [9.17, 15) is 4.79 Å². The first-order valence-corrected chi connectivity index (χ1v) is 8.66. The molecule has 0 spiro atoms. The van der Waals surface area contributed by atoms with Crippen molar-refractivity contribution in [3.63, 3.8) is 0 Å². The lowest BCUT2D eigenvalue weighted by Crippen LogP contribution is -2.45. The quantitative estimate of drug-likeness (QED) is 0.861. The van der Waals surface area contributed by atoms with Crippen LogP contribution in [0.25, 0.3) is 11.4 Å². The van der Waals surface area contributed by atoms with E-state index >= 15 is 0 Å². The first-order chi connectivity index (χ1) is 12.2. The molecule has 2 aromatic rings. The van der Waals surface area contributed by atoms with Crippen LogP contribution in [0.3, 0.4) is 0 Å². The maximum atomic E-state index is 12.2. The van der Waals surface area contributed by atoms with Crippen molar-refractivity contribution in [3.05, 3.63) is 30.2 Å². The Morgan fingerprint density at radius 3 is 2.92 bits per heavy atom. The third-order valence-electron chi connectivity index (χ3n) is 4.41. The van der Waals surface area contributed by atoms with Gasteiger partial charge in [0.2, 0.25) is 17.6 Å². The molecule has 25 heavy (non-hydrogen) atoms. The predicted octanol–water partition coefficient (Wildman–Crippen LogP) is 2.02. The number of nitrogens with two attached hydrogens (primary N) is 1. The number of hydrogen-bond acceptors (Lipinski definition) is 6. The zero-order valence-electron chi connectivity index (χ0n) is 14.5. The number of benzene rings is 1. The molecule has 2 heterocycles. The molecular formula is C18H24N4O3. The minimum atomic E-state index is 0.112. The number of aryl methyl sites for hydroxylation is 1. The lowest BCUT2D eigenvalue weighted by molar-refractivity contribution is -0.132. The first kappa shape index (κ1) is 17.4. The lowest BCUT2D eigenvalue weighted by Gasteiger charge is -2.30. The Kier molecular flexibility index (Phi) is 5.65. The highest BCUT2D eigenvalue weighted by molar-refractivity contribution is 5.76. The minimum Gasteiger partial charge on any atom is -0.497 e. The second-order valence-electron chi connectivity index (χ2n) is 6.34. The van der Waals surface area contributed by atoms with Crippen molar-refractivity contribution < 1.29 is 14.1 Å². The Morgan fingerprint density at radius 2 is 2.20 bits per heavy atom. The normalized spacial score (nSPS) is 17.5. The third-order valence-corrected chi connectivity index (χ3v) is 4.41. The average Bonchev–Trinajstić information content (AvgIpc) is 3.10. The fourth-order valence-electron chi connectivity index (χ4n) is 3.00. The van der Waals surface area contributed by atoms with Crippen molar-refractivity contribution in [2.75, 3.05) is 20.2 Å². The second-order valence-corrected chi connectivity index (χ2v) is 6.34. The topological polar surface area (TPSA) is 94.5 Å². The van der Waals surface area contributed by atoms with E-state index in [0.717, 1.165) is 30.7 Å². The molecule has 0 aliphatic carbocycles. The number of amides is 1. The zero-order valence-corrected chi connectivity index (χ0v) is 14.5. The highest BCUT2D eigenvalue weighted by atomic mass is 16.5. The number of hydrogen-bond donors (Lipinski definition) is 1. The Bertz CT molecular complexity index is 699. The second kappa shape index (κ2) is 8.11. The number of piperidine rings is 1. The molecule has 1 amide bonds. The number of aromatic nitrogens is 2. The van der Waals surface area contributed by atoms with E-state index in [1.807, 2.05) is 29.2 Å². The summed E-state index contributed by atoms with van der Waals surface area (Å²) < 4.78 is 10.4. The molecular weight excluding hydrogens is 320 g/mol. The number of likely N-dealkylation sites (tertiary alicyclic amines) is 1. The molecule has 0 radical (unpaired) electrons. The summed E-state index contributed by atoms with van der Waals surface area (Å²) in [5.74, 6) is 2.04. The number of methoxy groups -OCH3 is 1. The Morgan fingerprint density at radius 1 is 1.40 bits per heavy atom. The molecule has 2 N–H and O–H groups in total. The van der Waals surface area contributed by atoms with Gasteiger partial charge in [-0.05, 0) is 43.5 Å². The molecule has 1 aromatic carbocycles. The molecule has 1 aliphatic rings. The molecule has 1 fully saturated rings. The van der Waals surface area contributed by atoms with Crippen molar-refractivity contribution in [1.82, 2.24) is 15.0 Å². The van der Waals surface area contributed by atoms with E-state index < -0.39 is 0 Å². The van der Waals surface area contributed by atoms with Crippen molar-refractivity contribution in [2.24, 2.45) is 5.73 Å². The monoisotopic (exact) mass is 344 g/mol. The average molecular weight is 344 g/mol. The van der Waals surface area contributed by atoms with Crippen LogP contribution < -0.4 is 10.5 Å². The van der Waals surface area contributed by atoms with Crippen molar-refractivity contribution in [1.29, 1.82) is 0 Å². The van der Waals surface area contributed by atoms with Crippen LogP contribution in [0.2, 0.25) is 0 Å². The smallest absolute Gasteiger partial charge is 0.226 e. The summed E-state index contributed by atoms with van der Waals surface area (Å²) in [5, 5.41) is 4.00. The van der Waals surface area contributed by atoms with E-state index in [2.05, 4.69) is 10.1 Å². The number of carbonyl (C=O) groups excluding carboxylic acids is 1. The maximum Gasteiger partial charge on any atom is 0.226 e. The van der Waals surface area contributed by atoms with Crippen LogP contribution in [0.15, 0.2) is 28.8 Å². The molecule has 1 atom stereocenters. The summed E-state index contributed by atoms with van der Waals surface area (Å²) >= 11 is 0. The van der Waals surface area contributed by atoms with E-state index in [-0.39, 0.29) is 11.9 Å². The highest BCUT2D eigenvalue weighted by Crippen LogP contribution is 2.20. The van der Waals surface area contributed by atoms with Gasteiger partial charge in [0.25, 0.3) is 0 Å². The van der Waals surface area contributed by atoms with Gasteiger partial charge in [0.15, 0.2) is 0 Å². The predicted molar refractivity (Wildman–Crippen MR) is 93.0 cm³/mol. The molecule has 1 unspecified atom stereocenters. The lowest BCUT2D eigenvalue weighted by atomic mass is 10.1. The van der Waals surface area contributed by atoms with Gasteiger partial charge in [-0.2, -0.15) is 4.98 Å². The van der Waals surface area contributed by atoms with Gasteiger partial charge in [0.05, 0.1) is 7.11 Å². The van der Waals surface area contributed by atoms with Gasteiger partial charge >= 0.3 is 0 Å². The van der Waals surface area contributed by atoms with Crippen LogP contribution >= 0.6 is 0 Å². The Hall–Kier alpha value is -2.41. The van der Waals surface area contributed by atoms with E-state index in [4.69, 9.17) is 15.0 Å². The minimum absolute atomic E-state index is 0.112. The van der Waals surface area contributed by atoms with Crippen LogP contribution in [-0.2, 0) is 11.2 Å². The summed E-state index contributed by atoms with van der Waals surface area (Å²) in [4.78, 5) is 18.5. The van der Waals surface area contributed by atoms with Crippen LogP contribution in [0, 0.1) is 0 Å². The largest absolute Gasteiger partial charge is 0.497 e. The molecule has 1 saturated heterocycles. The number of nitrogens with zero attached hydrogens (tertiary/aromatic N) is 3. The summed E-state index contributed by atoms with van der Waals surface area (Å²) in [6.07, 6.45) is 3.75. The number of carbonyl (C=O) groups is 1. The van der Waals surface area contributed by atoms with Gasteiger partial charge in [-0.25, -0.2) is 0 Å². The van der Waals surface area contributed by atoms with Gasteiger partial charge in [-0.15, -0.1) is 0 Å².